The first-order valence-corrected chi connectivity index (χ1v) is 9.65. The van der Waals surface area contributed by atoms with E-state index in [4.69, 9.17) is 0 Å². The van der Waals surface area contributed by atoms with Crippen LogP contribution in [-0.2, 0) is 9.59 Å². The third-order valence-electron chi connectivity index (χ3n) is 7.45. The predicted octanol–water partition coefficient (Wildman–Crippen LogP) is 3.37. The minimum atomic E-state index is -0.845. The minimum Gasteiger partial charge on any atom is -0.481 e. The average molecular weight is 331 g/mol. The number of aliphatic carboxylic acids is 1. The van der Waals surface area contributed by atoms with Crippen LogP contribution in [0, 0.1) is 35.0 Å². The van der Waals surface area contributed by atoms with Gasteiger partial charge in [0.1, 0.15) is 0 Å². The molecule has 5 aliphatic rings. The Bertz CT molecular complexity index is 532. The fraction of sp³-hybridized carbons (Fsp3) is 0.800. The zero-order valence-electron chi connectivity index (χ0n) is 14.5. The fourth-order valence-electron chi connectivity index (χ4n) is 6.56. The minimum absolute atomic E-state index is 0.0463. The van der Waals surface area contributed by atoms with Crippen molar-refractivity contribution in [1.82, 2.24) is 5.32 Å². The molecule has 4 nitrogen and oxygen atoms in total. The second-order valence-electron chi connectivity index (χ2n) is 9.00. The molecule has 4 bridgehead atoms. The normalized spacial score (nSPS) is 44.3. The molecule has 1 amide bonds. The van der Waals surface area contributed by atoms with Crippen molar-refractivity contribution in [3.63, 3.8) is 0 Å². The summed E-state index contributed by atoms with van der Waals surface area (Å²) in [5, 5.41) is 12.7. The van der Waals surface area contributed by atoms with Crippen molar-refractivity contribution in [3.05, 3.63) is 12.2 Å². The van der Waals surface area contributed by atoms with Crippen LogP contribution in [0.1, 0.15) is 58.3 Å². The number of allylic oxidation sites excluding steroid dienone is 2. The molecule has 132 valence electrons. The number of carbonyl (C=O) groups is 2. The lowest BCUT2D eigenvalue weighted by atomic mass is 9.48. The molecule has 0 saturated heterocycles. The molecule has 0 heterocycles. The van der Waals surface area contributed by atoms with Gasteiger partial charge in [-0.2, -0.15) is 0 Å². The van der Waals surface area contributed by atoms with Gasteiger partial charge in [0.25, 0.3) is 0 Å². The summed E-state index contributed by atoms with van der Waals surface area (Å²) >= 11 is 0. The molecule has 5 aliphatic carbocycles. The molecule has 0 aromatic carbocycles. The Labute approximate surface area is 144 Å². The first-order valence-electron chi connectivity index (χ1n) is 9.65. The number of rotatable bonds is 4. The van der Waals surface area contributed by atoms with Gasteiger partial charge in [0.2, 0.25) is 5.91 Å². The Kier molecular flexibility index (Phi) is 3.97. The van der Waals surface area contributed by atoms with Crippen molar-refractivity contribution in [3.8, 4) is 0 Å². The molecule has 0 unspecified atom stereocenters. The largest absolute Gasteiger partial charge is 0.481 e. The topological polar surface area (TPSA) is 66.4 Å². The van der Waals surface area contributed by atoms with Crippen LogP contribution >= 0.6 is 0 Å². The van der Waals surface area contributed by atoms with Crippen LogP contribution in [0.15, 0.2) is 12.2 Å². The van der Waals surface area contributed by atoms with Gasteiger partial charge in [-0.25, -0.2) is 0 Å². The highest BCUT2D eigenvalue weighted by Gasteiger charge is 2.53. The second kappa shape index (κ2) is 5.89. The van der Waals surface area contributed by atoms with Gasteiger partial charge in [-0.3, -0.25) is 9.59 Å². The van der Waals surface area contributed by atoms with Crippen LogP contribution in [0.2, 0.25) is 0 Å². The summed E-state index contributed by atoms with van der Waals surface area (Å²) in [7, 11) is 0. The van der Waals surface area contributed by atoms with E-state index in [0.29, 0.717) is 12.8 Å². The Morgan fingerprint density at radius 1 is 1.00 bits per heavy atom. The molecular weight excluding hydrogens is 302 g/mol. The van der Waals surface area contributed by atoms with Crippen molar-refractivity contribution in [2.24, 2.45) is 35.0 Å². The van der Waals surface area contributed by atoms with Crippen molar-refractivity contribution >= 4 is 11.9 Å². The van der Waals surface area contributed by atoms with Crippen LogP contribution in [0.4, 0.5) is 0 Å². The van der Waals surface area contributed by atoms with E-state index in [1.807, 2.05) is 12.2 Å². The number of nitrogens with one attached hydrogen (secondary N) is 1. The molecule has 4 fully saturated rings. The molecule has 2 N–H and O–H groups in total. The number of hydrogen-bond acceptors (Lipinski definition) is 2. The number of carbonyl (C=O) groups excluding carboxylic acids is 1. The molecule has 5 rings (SSSR count). The molecule has 3 atom stereocenters. The number of amides is 1. The quantitative estimate of drug-likeness (QED) is 0.776. The Balaban J connectivity index is 1.46. The maximum absolute atomic E-state index is 12.8. The van der Waals surface area contributed by atoms with Gasteiger partial charge in [0, 0.05) is 6.04 Å². The lowest BCUT2D eigenvalue weighted by Gasteiger charge is -2.59. The van der Waals surface area contributed by atoms with Crippen LogP contribution in [0.5, 0.6) is 0 Å². The van der Waals surface area contributed by atoms with E-state index < -0.39 is 17.8 Å². The van der Waals surface area contributed by atoms with Crippen LogP contribution in [0.3, 0.4) is 0 Å². The molecular formula is C20H29NO3. The lowest BCUT2D eigenvalue weighted by molar-refractivity contribution is -0.148. The second-order valence-corrected chi connectivity index (χ2v) is 9.00. The zero-order chi connectivity index (χ0) is 16.9. The third kappa shape index (κ3) is 2.68. The van der Waals surface area contributed by atoms with E-state index in [0.717, 1.165) is 17.8 Å². The van der Waals surface area contributed by atoms with E-state index in [-0.39, 0.29) is 17.4 Å². The summed E-state index contributed by atoms with van der Waals surface area (Å²) in [6, 6.07) is 0.166. The molecule has 0 aliphatic heterocycles. The third-order valence-corrected chi connectivity index (χ3v) is 7.45. The summed E-state index contributed by atoms with van der Waals surface area (Å²) in [5.74, 6) is 0.708. The van der Waals surface area contributed by atoms with E-state index in [1.165, 1.54) is 38.5 Å². The maximum Gasteiger partial charge on any atom is 0.307 e. The van der Waals surface area contributed by atoms with Crippen molar-refractivity contribution in [2.75, 3.05) is 0 Å². The lowest BCUT2D eigenvalue weighted by Crippen LogP contribution is -2.57. The zero-order valence-corrected chi connectivity index (χ0v) is 14.5. The predicted molar refractivity (Wildman–Crippen MR) is 91.2 cm³/mol. The summed E-state index contributed by atoms with van der Waals surface area (Å²) in [5.41, 5.74) is 0.271. The maximum atomic E-state index is 12.8. The highest BCUT2D eigenvalue weighted by atomic mass is 16.4. The van der Waals surface area contributed by atoms with Crippen molar-refractivity contribution in [1.29, 1.82) is 0 Å². The molecule has 0 aromatic rings. The van der Waals surface area contributed by atoms with E-state index in [1.54, 1.807) is 0 Å². The Morgan fingerprint density at radius 3 is 2.00 bits per heavy atom. The Hall–Kier alpha value is -1.32. The Morgan fingerprint density at radius 2 is 1.50 bits per heavy atom. The van der Waals surface area contributed by atoms with Gasteiger partial charge >= 0.3 is 5.97 Å². The molecule has 0 radical (unpaired) electrons. The summed E-state index contributed by atoms with van der Waals surface area (Å²) < 4.78 is 0. The monoisotopic (exact) mass is 331 g/mol. The van der Waals surface area contributed by atoms with Gasteiger partial charge in [0.05, 0.1) is 11.8 Å². The number of carboxylic acids is 1. The average Bonchev–Trinajstić information content (AvgIpc) is 2.53. The molecule has 0 spiro atoms. The van der Waals surface area contributed by atoms with Gasteiger partial charge in [-0.15, -0.1) is 0 Å². The highest BCUT2D eigenvalue weighted by molar-refractivity contribution is 5.85. The molecule has 4 heteroatoms. The molecule has 4 saturated carbocycles. The molecule has 0 aromatic heterocycles. The van der Waals surface area contributed by atoms with E-state index in [9.17, 15) is 14.7 Å². The van der Waals surface area contributed by atoms with E-state index >= 15 is 0 Å². The molecule has 24 heavy (non-hydrogen) atoms. The summed E-state index contributed by atoms with van der Waals surface area (Å²) in [6.45, 7) is 2.17. The number of carboxylic acid groups (broad SMARTS) is 1. The van der Waals surface area contributed by atoms with Gasteiger partial charge in [0.15, 0.2) is 0 Å². The standard InChI is InChI=1S/C20H29NO3/c1-12(20-9-13-6-14(10-20)8-15(7-13)11-20)21-18(22)16-4-2-3-5-17(16)19(23)24/h2-3,12-17H,4-11H2,1H3,(H,21,22)(H,23,24)/t12-,13?,14?,15?,16-,17+,20?/m0/s1. The smallest absolute Gasteiger partial charge is 0.307 e. The van der Waals surface area contributed by atoms with Crippen molar-refractivity contribution in [2.45, 2.75) is 64.3 Å². The fourth-order valence-corrected chi connectivity index (χ4v) is 6.56. The SMILES string of the molecule is C[C@H](NC(=O)[C@H]1CC=CC[C@H]1C(=O)O)C12CC3CC(CC(C3)C1)C2. The van der Waals surface area contributed by atoms with Crippen LogP contribution in [-0.4, -0.2) is 23.0 Å². The van der Waals surface area contributed by atoms with Crippen LogP contribution < -0.4 is 5.32 Å². The van der Waals surface area contributed by atoms with Gasteiger partial charge in [-0.1, -0.05) is 12.2 Å². The first kappa shape index (κ1) is 16.2. The van der Waals surface area contributed by atoms with Crippen molar-refractivity contribution < 1.29 is 14.7 Å². The van der Waals surface area contributed by atoms with E-state index in [2.05, 4.69) is 12.2 Å². The first-order chi connectivity index (χ1) is 11.5. The number of hydrogen-bond donors (Lipinski definition) is 2. The highest BCUT2D eigenvalue weighted by Crippen LogP contribution is 2.61. The van der Waals surface area contributed by atoms with Gasteiger partial charge < -0.3 is 10.4 Å². The van der Waals surface area contributed by atoms with Gasteiger partial charge in [-0.05, 0) is 81.5 Å². The summed E-state index contributed by atoms with van der Waals surface area (Å²) in [4.78, 5) is 24.3. The van der Waals surface area contributed by atoms with Crippen LogP contribution in [0.25, 0.3) is 0 Å². The summed E-state index contributed by atoms with van der Waals surface area (Å²) in [6.07, 6.45) is 12.8.